The maximum absolute atomic E-state index is 13.3. The van der Waals surface area contributed by atoms with E-state index >= 15 is 0 Å². The first-order valence-electron chi connectivity index (χ1n) is 5.93. The molecule has 0 unspecified atom stereocenters. The summed E-state index contributed by atoms with van der Waals surface area (Å²) in [4.78, 5) is 9.91. The Labute approximate surface area is 104 Å². The van der Waals surface area contributed by atoms with E-state index in [0.717, 1.165) is 31.7 Å². The molecule has 1 saturated carbocycles. The molecule has 5 nitrogen and oxygen atoms in total. The number of phenols is 1. The van der Waals surface area contributed by atoms with Gasteiger partial charge in [-0.05, 0) is 24.8 Å². The second-order valence-electron chi connectivity index (χ2n) is 4.69. The molecule has 1 aliphatic carbocycles. The average Bonchev–Trinajstić information content (AvgIpc) is 2.84. The lowest BCUT2D eigenvalue weighted by Crippen LogP contribution is -2.19. The van der Waals surface area contributed by atoms with E-state index in [2.05, 4.69) is 0 Å². The molecule has 1 aliphatic rings. The van der Waals surface area contributed by atoms with Crippen molar-refractivity contribution in [1.82, 2.24) is 0 Å². The second-order valence-corrected chi connectivity index (χ2v) is 4.69. The van der Waals surface area contributed by atoms with Gasteiger partial charge in [0, 0.05) is 11.6 Å². The molecule has 0 radical (unpaired) electrons. The molecule has 0 spiro atoms. The molecule has 98 valence electrons. The maximum atomic E-state index is 13.3. The third-order valence-electron chi connectivity index (χ3n) is 3.55. The number of halogens is 1. The standard InChI is InChI=1S/C12H15FN2O3/c13-8-5-9(11(14)7-3-1-2-4-7)12(16)10(6-8)15(17)18/h5-7,11,16H,1-4,14H2/t11-/m0/s1. The van der Waals surface area contributed by atoms with Crippen LogP contribution in [0.2, 0.25) is 0 Å². The Balaban J connectivity index is 2.40. The number of nitrogens with two attached hydrogens (primary N) is 1. The van der Waals surface area contributed by atoms with E-state index in [-0.39, 0.29) is 11.5 Å². The van der Waals surface area contributed by atoms with Gasteiger partial charge in [-0.25, -0.2) is 4.39 Å². The smallest absolute Gasteiger partial charge is 0.313 e. The summed E-state index contributed by atoms with van der Waals surface area (Å²) in [7, 11) is 0. The zero-order valence-electron chi connectivity index (χ0n) is 9.80. The van der Waals surface area contributed by atoms with Crippen LogP contribution in [0.5, 0.6) is 5.75 Å². The largest absolute Gasteiger partial charge is 0.502 e. The van der Waals surface area contributed by atoms with E-state index in [0.29, 0.717) is 6.07 Å². The number of benzene rings is 1. The Morgan fingerprint density at radius 2 is 2.06 bits per heavy atom. The van der Waals surface area contributed by atoms with Crippen molar-refractivity contribution in [2.75, 3.05) is 0 Å². The maximum Gasteiger partial charge on any atom is 0.313 e. The number of hydrogen-bond donors (Lipinski definition) is 2. The van der Waals surface area contributed by atoms with Gasteiger partial charge in [0.25, 0.3) is 0 Å². The minimum Gasteiger partial charge on any atom is -0.502 e. The lowest BCUT2D eigenvalue weighted by atomic mass is 9.91. The Bertz CT molecular complexity index is 473. The van der Waals surface area contributed by atoms with Gasteiger partial charge in [0.05, 0.1) is 11.0 Å². The number of rotatable bonds is 3. The second kappa shape index (κ2) is 4.89. The van der Waals surface area contributed by atoms with Crippen LogP contribution in [-0.4, -0.2) is 10.0 Å². The van der Waals surface area contributed by atoms with Crippen molar-refractivity contribution in [3.8, 4) is 5.75 Å². The summed E-state index contributed by atoms with van der Waals surface area (Å²) in [6, 6.07) is 1.24. The fraction of sp³-hybridized carbons (Fsp3) is 0.500. The predicted molar refractivity (Wildman–Crippen MR) is 63.6 cm³/mol. The summed E-state index contributed by atoms with van der Waals surface area (Å²) < 4.78 is 13.3. The number of nitro benzene ring substituents is 1. The van der Waals surface area contributed by atoms with Gasteiger partial charge in [0.1, 0.15) is 5.82 Å². The molecule has 0 bridgehead atoms. The molecule has 0 aromatic heterocycles. The first-order chi connectivity index (χ1) is 8.50. The van der Waals surface area contributed by atoms with Crippen molar-refractivity contribution < 1.29 is 14.4 Å². The first-order valence-corrected chi connectivity index (χ1v) is 5.93. The summed E-state index contributed by atoms with van der Waals surface area (Å²) in [5.41, 5.74) is 5.50. The fourth-order valence-corrected chi connectivity index (χ4v) is 2.57. The van der Waals surface area contributed by atoms with Crippen LogP contribution in [0.15, 0.2) is 12.1 Å². The number of nitro groups is 1. The molecule has 6 heteroatoms. The SMILES string of the molecule is N[C@H](c1cc(F)cc([N+](=O)[O-])c1O)C1CCCC1. The molecule has 1 aromatic rings. The number of aromatic hydroxyl groups is 1. The van der Waals surface area contributed by atoms with Crippen LogP contribution < -0.4 is 5.73 Å². The lowest BCUT2D eigenvalue weighted by molar-refractivity contribution is -0.386. The Morgan fingerprint density at radius 3 is 2.61 bits per heavy atom. The van der Waals surface area contributed by atoms with Gasteiger partial charge in [-0.1, -0.05) is 12.8 Å². The third kappa shape index (κ3) is 2.28. The molecule has 18 heavy (non-hydrogen) atoms. The van der Waals surface area contributed by atoms with E-state index in [1.807, 2.05) is 0 Å². The predicted octanol–water partition coefficient (Wildman–Crippen LogP) is 2.63. The molecule has 0 saturated heterocycles. The molecule has 1 aromatic carbocycles. The van der Waals surface area contributed by atoms with Gasteiger partial charge in [-0.2, -0.15) is 0 Å². The van der Waals surface area contributed by atoms with E-state index in [4.69, 9.17) is 5.73 Å². The normalized spacial score (nSPS) is 17.9. The van der Waals surface area contributed by atoms with Crippen LogP contribution in [0.1, 0.15) is 37.3 Å². The Hall–Kier alpha value is -1.69. The lowest BCUT2D eigenvalue weighted by Gasteiger charge is -2.20. The highest BCUT2D eigenvalue weighted by Crippen LogP contribution is 2.40. The van der Waals surface area contributed by atoms with E-state index < -0.39 is 28.2 Å². The number of nitrogens with zero attached hydrogens (tertiary/aromatic N) is 1. The first kappa shape index (κ1) is 12.8. The molecule has 0 heterocycles. The number of phenolic OH excluding ortho intramolecular Hbond substituents is 1. The van der Waals surface area contributed by atoms with Crippen molar-refractivity contribution in [2.45, 2.75) is 31.7 Å². The van der Waals surface area contributed by atoms with Crippen LogP contribution >= 0.6 is 0 Å². The van der Waals surface area contributed by atoms with Crippen molar-refractivity contribution in [3.63, 3.8) is 0 Å². The van der Waals surface area contributed by atoms with Crippen molar-refractivity contribution in [1.29, 1.82) is 0 Å². The van der Waals surface area contributed by atoms with E-state index in [9.17, 15) is 19.6 Å². The summed E-state index contributed by atoms with van der Waals surface area (Å²) in [6.07, 6.45) is 3.92. The summed E-state index contributed by atoms with van der Waals surface area (Å²) in [6.45, 7) is 0. The minimum absolute atomic E-state index is 0.133. The Kier molecular flexibility index (Phi) is 3.47. The summed E-state index contributed by atoms with van der Waals surface area (Å²) >= 11 is 0. The van der Waals surface area contributed by atoms with Crippen molar-refractivity contribution in [3.05, 3.63) is 33.6 Å². The van der Waals surface area contributed by atoms with Gasteiger partial charge in [0.15, 0.2) is 5.75 Å². The summed E-state index contributed by atoms with van der Waals surface area (Å²) in [5, 5.41) is 20.5. The third-order valence-corrected chi connectivity index (χ3v) is 3.55. The topological polar surface area (TPSA) is 89.4 Å². The molecule has 2 rings (SSSR count). The Morgan fingerprint density at radius 1 is 1.44 bits per heavy atom. The van der Waals surface area contributed by atoms with Gasteiger partial charge in [-0.15, -0.1) is 0 Å². The summed E-state index contributed by atoms with van der Waals surface area (Å²) in [5.74, 6) is -1.11. The van der Waals surface area contributed by atoms with E-state index in [1.54, 1.807) is 0 Å². The minimum atomic E-state index is -0.802. The molecular weight excluding hydrogens is 239 g/mol. The zero-order chi connectivity index (χ0) is 13.3. The van der Waals surface area contributed by atoms with Crippen LogP contribution in [0.3, 0.4) is 0 Å². The molecule has 1 atom stereocenters. The fourth-order valence-electron chi connectivity index (χ4n) is 2.57. The molecule has 1 fully saturated rings. The highest BCUT2D eigenvalue weighted by molar-refractivity contribution is 5.52. The molecule has 0 aliphatic heterocycles. The van der Waals surface area contributed by atoms with Gasteiger partial charge in [-0.3, -0.25) is 10.1 Å². The van der Waals surface area contributed by atoms with Crippen molar-refractivity contribution in [2.24, 2.45) is 11.7 Å². The monoisotopic (exact) mass is 254 g/mol. The van der Waals surface area contributed by atoms with Crippen LogP contribution in [0.4, 0.5) is 10.1 Å². The highest BCUT2D eigenvalue weighted by atomic mass is 19.1. The average molecular weight is 254 g/mol. The number of hydrogen-bond acceptors (Lipinski definition) is 4. The molecular formula is C12H15FN2O3. The zero-order valence-corrected chi connectivity index (χ0v) is 9.80. The van der Waals surface area contributed by atoms with E-state index in [1.165, 1.54) is 0 Å². The van der Waals surface area contributed by atoms with Gasteiger partial charge >= 0.3 is 5.69 Å². The van der Waals surface area contributed by atoms with Crippen LogP contribution in [0.25, 0.3) is 0 Å². The van der Waals surface area contributed by atoms with Gasteiger partial charge in [0.2, 0.25) is 0 Å². The highest BCUT2D eigenvalue weighted by Gasteiger charge is 2.29. The molecule has 3 N–H and O–H groups in total. The van der Waals surface area contributed by atoms with Gasteiger partial charge < -0.3 is 10.8 Å². The van der Waals surface area contributed by atoms with Crippen LogP contribution in [-0.2, 0) is 0 Å². The molecule has 0 amide bonds. The van der Waals surface area contributed by atoms with Crippen LogP contribution in [0, 0.1) is 21.8 Å². The van der Waals surface area contributed by atoms with Crippen molar-refractivity contribution >= 4 is 5.69 Å². The quantitative estimate of drug-likeness (QED) is 0.641.